The molecule has 3 rings (SSSR count). The first-order chi connectivity index (χ1) is 12.1. The van der Waals surface area contributed by atoms with Crippen LogP contribution >= 0.6 is 0 Å². The Balaban J connectivity index is 1.77. The van der Waals surface area contributed by atoms with Crippen LogP contribution in [0.3, 0.4) is 0 Å². The molecule has 2 aromatic heterocycles. The number of methoxy groups -OCH3 is 1. The molecular formula is C19H21N3O3. The van der Waals surface area contributed by atoms with Crippen molar-refractivity contribution in [2.24, 2.45) is 0 Å². The number of aromatic nitrogens is 2. The maximum absolute atomic E-state index is 12.4. The number of aryl methyl sites for hydroxylation is 2. The number of anilines is 1. The van der Waals surface area contributed by atoms with Gasteiger partial charge in [0.25, 0.3) is 0 Å². The van der Waals surface area contributed by atoms with Gasteiger partial charge in [0.05, 0.1) is 24.7 Å². The second-order valence-corrected chi connectivity index (χ2v) is 5.72. The largest absolute Gasteiger partial charge is 0.481 e. The number of carbonyl (C=O) groups excluding carboxylic acids is 1. The fourth-order valence-corrected chi connectivity index (χ4v) is 2.80. The van der Waals surface area contributed by atoms with E-state index < -0.39 is 0 Å². The Morgan fingerprint density at radius 1 is 1.20 bits per heavy atom. The van der Waals surface area contributed by atoms with Crippen molar-refractivity contribution in [2.45, 2.75) is 33.1 Å². The molecule has 1 amide bonds. The van der Waals surface area contributed by atoms with E-state index in [9.17, 15) is 4.79 Å². The first-order valence-corrected chi connectivity index (χ1v) is 8.35. The number of amides is 1. The highest BCUT2D eigenvalue weighted by molar-refractivity contribution is 5.95. The molecule has 6 heteroatoms. The lowest BCUT2D eigenvalue weighted by molar-refractivity contribution is -0.115. The Hall–Kier alpha value is -2.89. The molecule has 130 valence electrons. The molecule has 6 nitrogen and oxygen atoms in total. The first-order valence-electron chi connectivity index (χ1n) is 8.35. The van der Waals surface area contributed by atoms with Gasteiger partial charge in [-0.1, -0.05) is 19.0 Å². The van der Waals surface area contributed by atoms with E-state index in [2.05, 4.69) is 15.5 Å². The molecule has 25 heavy (non-hydrogen) atoms. The summed E-state index contributed by atoms with van der Waals surface area (Å²) in [6, 6.07) is 9.31. The summed E-state index contributed by atoms with van der Waals surface area (Å²) in [5.74, 6) is 1.26. The smallest absolute Gasteiger partial charge is 0.229 e. The molecule has 0 aliphatic heterocycles. The summed E-state index contributed by atoms with van der Waals surface area (Å²) in [5.41, 5.74) is 3.30. The normalized spacial score (nSPS) is 10.8. The molecule has 0 bridgehead atoms. The molecule has 0 fully saturated rings. The molecule has 2 heterocycles. The van der Waals surface area contributed by atoms with Gasteiger partial charge in [-0.05, 0) is 30.7 Å². The summed E-state index contributed by atoms with van der Waals surface area (Å²) in [5, 5.41) is 7.92. The average Bonchev–Trinajstić information content (AvgIpc) is 3.02. The van der Waals surface area contributed by atoms with Crippen molar-refractivity contribution in [1.29, 1.82) is 0 Å². The van der Waals surface area contributed by atoms with E-state index in [1.165, 1.54) is 0 Å². The Bertz CT molecular complexity index is 881. The molecule has 3 aromatic rings. The third kappa shape index (κ3) is 3.63. The van der Waals surface area contributed by atoms with Crippen molar-refractivity contribution in [2.75, 3.05) is 12.4 Å². The number of carbonyl (C=O) groups is 1. The van der Waals surface area contributed by atoms with Gasteiger partial charge < -0.3 is 14.6 Å². The van der Waals surface area contributed by atoms with Gasteiger partial charge in [0.15, 0.2) is 0 Å². The van der Waals surface area contributed by atoms with E-state index in [-0.39, 0.29) is 12.3 Å². The fourth-order valence-electron chi connectivity index (χ4n) is 2.80. The van der Waals surface area contributed by atoms with Crippen LogP contribution in [0.5, 0.6) is 5.88 Å². The lowest BCUT2D eigenvalue weighted by atomic mass is 10.1. The first kappa shape index (κ1) is 17.0. The maximum atomic E-state index is 12.4. The van der Waals surface area contributed by atoms with E-state index in [1.54, 1.807) is 13.2 Å². The van der Waals surface area contributed by atoms with E-state index in [4.69, 9.17) is 9.26 Å². The van der Waals surface area contributed by atoms with Gasteiger partial charge in [-0.2, -0.15) is 0 Å². The quantitative estimate of drug-likeness (QED) is 0.743. The third-order valence-corrected chi connectivity index (χ3v) is 4.10. The molecule has 1 N–H and O–H groups in total. The molecule has 0 atom stereocenters. The number of hydrogen-bond donors (Lipinski definition) is 1. The predicted octanol–water partition coefficient (Wildman–Crippen LogP) is 3.54. The zero-order valence-corrected chi connectivity index (χ0v) is 14.6. The van der Waals surface area contributed by atoms with Gasteiger partial charge in [0, 0.05) is 29.1 Å². The van der Waals surface area contributed by atoms with Crippen LogP contribution in [0.25, 0.3) is 10.9 Å². The summed E-state index contributed by atoms with van der Waals surface area (Å²) < 4.78 is 10.4. The molecule has 0 spiro atoms. The number of fused-ring (bicyclic) bond motifs is 1. The lowest BCUT2D eigenvalue weighted by Crippen LogP contribution is -2.15. The molecule has 0 aliphatic carbocycles. The Morgan fingerprint density at radius 3 is 2.76 bits per heavy atom. The zero-order chi connectivity index (χ0) is 17.8. The number of hydrogen-bond acceptors (Lipinski definition) is 5. The Kier molecular flexibility index (Phi) is 4.97. The number of benzene rings is 1. The number of rotatable bonds is 6. The summed E-state index contributed by atoms with van der Waals surface area (Å²) in [6.07, 6.45) is 1.73. The van der Waals surface area contributed by atoms with Crippen molar-refractivity contribution in [3.8, 4) is 5.88 Å². The monoisotopic (exact) mass is 339 g/mol. The van der Waals surface area contributed by atoms with Crippen LogP contribution in [-0.2, 0) is 24.1 Å². The van der Waals surface area contributed by atoms with Crippen LogP contribution in [0.4, 0.5) is 5.69 Å². The standard InChI is InChI=1S/C19H21N3O3/c1-4-15-14(17(5-2)25-22-15)11-18(23)20-13-7-8-16-12(10-13)6-9-19(21-16)24-3/h6-10H,4-5,11H2,1-3H3,(H,20,23). The summed E-state index contributed by atoms with van der Waals surface area (Å²) in [6.45, 7) is 4.00. The molecule has 0 saturated heterocycles. The SMILES string of the molecule is CCc1noc(CC)c1CC(=O)Nc1ccc2nc(OC)ccc2c1. The minimum Gasteiger partial charge on any atom is -0.481 e. The van der Waals surface area contributed by atoms with Crippen LogP contribution in [0.1, 0.15) is 30.9 Å². The highest BCUT2D eigenvalue weighted by Gasteiger charge is 2.17. The van der Waals surface area contributed by atoms with Gasteiger partial charge in [0.2, 0.25) is 11.8 Å². The van der Waals surface area contributed by atoms with Gasteiger partial charge in [0.1, 0.15) is 5.76 Å². The van der Waals surface area contributed by atoms with E-state index >= 15 is 0 Å². The van der Waals surface area contributed by atoms with Crippen molar-refractivity contribution in [1.82, 2.24) is 10.1 Å². The van der Waals surface area contributed by atoms with Gasteiger partial charge >= 0.3 is 0 Å². The minimum atomic E-state index is -0.0894. The van der Waals surface area contributed by atoms with E-state index in [1.807, 2.05) is 38.1 Å². The minimum absolute atomic E-state index is 0.0894. The number of nitrogens with one attached hydrogen (secondary N) is 1. The Morgan fingerprint density at radius 2 is 2.04 bits per heavy atom. The van der Waals surface area contributed by atoms with Crippen molar-refractivity contribution >= 4 is 22.5 Å². The topological polar surface area (TPSA) is 77.3 Å². The second-order valence-electron chi connectivity index (χ2n) is 5.72. The molecular weight excluding hydrogens is 318 g/mol. The van der Waals surface area contributed by atoms with Gasteiger partial charge in [-0.25, -0.2) is 4.98 Å². The van der Waals surface area contributed by atoms with E-state index in [0.29, 0.717) is 5.88 Å². The fraction of sp³-hybridized carbons (Fsp3) is 0.316. The lowest BCUT2D eigenvalue weighted by Gasteiger charge is -2.08. The Labute approximate surface area is 146 Å². The highest BCUT2D eigenvalue weighted by Crippen LogP contribution is 2.21. The molecule has 1 aromatic carbocycles. The third-order valence-electron chi connectivity index (χ3n) is 4.10. The summed E-state index contributed by atoms with van der Waals surface area (Å²) in [7, 11) is 1.59. The number of pyridine rings is 1. The number of nitrogens with zero attached hydrogens (tertiary/aromatic N) is 2. The van der Waals surface area contributed by atoms with E-state index in [0.717, 1.165) is 46.4 Å². The van der Waals surface area contributed by atoms with Gasteiger partial charge in [-0.15, -0.1) is 0 Å². The van der Waals surface area contributed by atoms with Crippen molar-refractivity contribution < 1.29 is 14.1 Å². The zero-order valence-electron chi connectivity index (χ0n) is 14.6. The molecule has 0 saturated carbocycles. The average molecular weight is 339 g/mol. The van der Waals surface area contributed by atoms with Crippen molar-refractivity contribution in [3.63, 3.8) is 0 Å². The predicted molar refractivity (Wildman–Crippen MR) is 95.9 cm³/mol. The van der Waals surface area contributed by atoms with Crippen molar-refractivity contribution in [3.05, 3.63) is 47.3 Å². The van der Waals surface area contributed by atoms with Crippen LogP contribution in [0.2, 0.25) is 0 Å². The molecule has 0 unspecified atom stereocenters. The molecule has 0 aliphatic rings. The second kappa shape index (κ2) is 7.34. The summed E-state index contributed by atoms with van der Waals surface area (Å²) >= 11 is 0. The summed E-state index contributed by atoms with van der Waals surface area (Å²) in [4.78, 5) is 16.8. The molecule has 0 radical (unpaired) electrons. The van der Waals surface area contributed by atoms with Crippen LogP contribution < -0.4 is 10.1 Å². The van der Waals surface area contributed by atoms with Gasteiger partial charge in [-0.3, -0.25) is 4.79 Å². The highest BCUT2D eigenvalue weighted by atomic mass is 16.5. The maximum Gasteiger partial charge on any atom is 0.229 e. The van der Waals surface area contributed by atoms with Crippen LogP contribution in [-0.4, -0.2) is 23.2 Å². The number of ether oxygens (including phenoxy) is 1. The van der Waals surface area contributed by atoms with Crippen LogP contribution in [0.15, 0.2) is 34.9 Å². The van der Waals surface area contributed by atoms with Crippen LogP contribution in [0, 0.1) is 0 Å².